The van der Waals surface area contributed by atoms with E-state index in [9.17, 15) is 4.21 Å². The fourth-order valence-corrected chi connectivity index (χ4v) is 5.01. The molecule has 0 aromatic rings. The summed E-state index contributed by atoms with van der Waals surface area (Å²) in [5.41, 5.74) is 0. The standard InChI is InChI=1S/C9H16O2S2/c1-4-5-8-6(2)7(3)9(12-10)13(8)11/h4,6-10H,1,5H2,2-3H3/t6-,7+,8+,9-,13?/m1/s1. The summed E-state index contributed by atoms with van der Waals surface area (Å²) in [6.07, 6.45) is 2.60. The summed E-state index contributed by atoms with van der Waals surface area (Å²) < 4.78 is 20.7. The minimum absolute atomic E-state index is 0.111. The van der Waals surface area contributed by atoms with Gasteiger partial charge in [-0.15, -0.1) is 6.58 Å². The molecule has 2 nitrogen and oxygen atoms in total. The van der Waals surface area contributed by atoms with Gasteiger partial charge in [0, 0.05) is 28.1 Å². The lowest BCUT2D eigenvalue weighted by Gasteiger charge is -2.14. The van der Waals surface area contributed by atoms with Crippen LogP contribution in [0.2, 0.25) is 0 Å². The van der Waals surface area contributed by atoms with Crippen LogP contribution in [0.4, 0.5) is 0 Å². The van der Waals surface area contributed by atoms with E-state index in [-0.39, 0.29) is 9.83 Å². The Labute approximate surface area is 86.5 Å². The van der Waals surface area contributed by atoms with E-state index in [1.165, 1.54) is 0 Å². The zero-order valence-corrected chi connectivity index (χ0v) is 9.61. The SMILES string of the molecule is C=CC[C@H]1[C@H](C)[C@H](C)[C@H](SO)S1=O. The van der Waals surface area contributed by atoms with Crippen molar-refractivity contribution in [3.05, 3.63) is 12.7 Å². The summed E-state index contributed by atoms with van der Waals surface area (Å²) in [6.45, 7) is 7.82. The highest BCUT2D eigenvalue weighted by molar-refractivity contribution is 8.08. The molecule has 13 heavy (non-hydrogen) atoms. The molecule has 0 amide bonds. The Balaban J connectivity index is 2.77. The number of hydrogen-bond donors (Lipinski definition) is 1. The number of hydrogen-bond acceptors (Lipinski definition) is 3. The van der Waals surface area contributed by atoms with Crippen molar-refractivity contribution >= 4 is 22.8 Å². The Bertz CT molecular complexity index is 218. The third-order valence-electron chi connectivity index (χ3n) is 2.88. The van der Waals surface area contributed by atoms with Crippen LogP contribution in [-0.4, -0.2) is 18.6 Å². The molecule has 1 rings (SSSR count). The van der Waals surface area contributed by atoms with Crippen LogP contribution >= 0.6 is 12.0 Å². The fraction of sp³-hybridized carbons (Fsp3) is 0.778. The Hall–Kier alpha value is 0.200. The van der Waals surface area contributed by atoms with Crippen LogP contribution < -0.4 is 0 Å². The quantitative estimate of drug-likeness (QED) is 0.586. The lowest BCUT2D eigenvalue weighted by molar-refractivity contribution is 0.423. The van der Waals surface area contributed by atoms with Crippen molar-refractivity contribution in [1.29, 1.82) is 0 Å². The van der Waals surface area contributed by atoms with E-state index in [4.69, 9.17) is 4.55 Å². The molecule has 1 unspecified atom stereocenters. The van der Waals surface area contributed by atoms with Gasteiger partial charge in [-0.3, -0.25) is 4.21 Å². The van der Waals surface area contributed by atoms with E-state index in [1.807, 2.05) is 6.08 Å². The van der Waals surface area contributed by atoms with Crippen molar-refractivity contribution in [2.45, 2.75) is 30.1 Å². The molecule has 0 aromatic carbocycles. The molecule has 4 heteroatoms. The molecule has 1 aliphatic rings. The molecule has 1 fully saturated rings. The van der Waals surface area contributed by atoms with Crippen LogP contribution in [0.15, 0.2) is 12.7 Å². The van der Waals surface area contributed by atoms with Gasteiger partial charge in [0.1, 0.15) is 4.58 Å². The molecule has 0 spiro atoms. The predicted molar refractivity (Wildman–Crippen MR) is 59.1 cm³/mol. The fourth-order valence-electron chi connectivity index (χ4n) is 1.79. The third kappa shape index (κ3) is 2.00. The predicted octanol–water partition coefficient (Wildman–Crippen LogP) is 2.50. The van der Waals surface area contributed by atoms with E-state index >= 15 is 0 Å². The zero-order valence-electron chi connectivity index (χ0n) is 7.97. The molecule has 0 radical (unpaired) electrons. The van der Waals surface area contributed by atoms with Gasteiger partial charge in [-0.05, 0) is 18.3 Å². The second-order valence-corrected chi connectivity index (χ2v) is 6.37. The molecule has 1 N–H and O–H groups in total. The highest BCUT2D eigenvalue weighted by atomic mass is 32.2. The van der Waals surface area contributed by atoms with Crippen molar-refractivity contribution in [1.82, 2.24) is 0 Å². The molecular weight excluding hydrogens is 204 g/mol. The second kappa shape index (κ2) is 4.62. The summed E-state index contributed by atoms with van der Waals surface area (Å²) in [7, 11) is -0.917. The summed E-state index contributed by atoms with van der Waals surface area (Å²) in [5, 5.41) is 0.178. The largest absolute Gasteiger partial charge is 0.329 e. The van der Waals surface area contributed by atoms with Crippen molar-refractivity contribution in [3.8, 4) is 0 Å². The van der Waals surface area contributed by atoms with Gasteiger partial charge < -0.3 is 4.55 Å². The van der Waals surface area contributed by atoms with Crippen LogP contribution in [0, 0.1) is 11.8 Å². The van der Waals surface area contributed by atoms with Crippen molar-refractivity contribution < 1.29 is 8.76 Å². The van der Waals surface area contributed by atoms with E-state index in [2.05, 4.69) is 20.4 Å². The van der Waals surface area contributed by atoms with E-state index < -0.39 is 10.8 Å². The van der Waals surface area contributed by atoms with Crippen LogP contribution in [0.3, 0.4) is 0 Å². The van der Waals surface area contributed by atoms with E-state index in [1.54, 1.807) is 0 Å². The molecular formula is C9H16O2S2. The molecule has 1 heterocycles. The maximum Gasteiger partial charge on any atom is 0.109 e. The number of rotatable bonds is 3. The Morgan fingerprint density at radius 3 is 2.54 bits per heavy atom. The van der Waals surface area contributed by atoms with Gasteiger partial charge in [0.2, 0.25) is 0 Å². The first-order valence-electron chi connectivity index (χ1n) is 4.44. The summed E-state index contributed by atoms with van der Waals surface area (Å²) in [5.74, 6) is 0.726. The van der Waals surface area contributed by atoms with Gasteiger partial charge in [0.25, 0.3) is 0 Å². The Morgan fingerprint density at radius 2 is 2.15 bits per heavy atom. The second-order valence-electron chi connectivity index (χ2n) is 3.58. The molecule has 0 saturated carbocycles. The average molecular weight is 220 g/mol. The number of allylic oxidation sites excluding steroid dienone is 1. The highest BCUT2D eigenvalue weighted by Gasteiger charge is 2.44. The minimum Gasteiger partial charge on any atom is -0.329 e. The third-order valence-corrected chi connectivity index (χ3v) is 6.45. The van der Waals surface area contributed by atoms with Crippen LogP contribution in [-0.2, 0) is 10.8 Å². The topological polar surface area (TPSA) is 37.3 Å². The van der Waals surface area contributed by atoms with Crippen molar-refractivity contribution in [2.75, 3.05) is 0 Å². The molecule has 0 aromatic heterocycles. The highest BCUT2D eigenvalue weighted by Crippen LogP contribution is 2.40. The lowest BCUT2D eigenvalue weighted by Crippen LogP contribution is -2.16. The van der Waals surface area contributed by atoms with Gasteiger partial charge in [-0.1, -0.05) is 19.9 Å². The Morgan fingerprint density at radius 1 is 1.54 bits per heavy atom. The van der Waals surface area contributed by atoms with Gasteiger partial charge in [-0.25, -0.2) is 0 Å². The van der Waals surface area contributed by atoms with Gasteiger partial charge in [0.05, 0.1) is 0 Å². The first-order chi connectivity index (χ1) is 6.13. The van der Waals surface area contributed by atoms with Crippen LogP contribution in [0.5, 0.6) is 0 Å². The smallest absolute Gasteiger partial charge is 0.109 e. The maximum absolute atomic E-state index is 11.8. The summed E-state index contributed by atoms with van der Waals surface area (Å²) in [4.78, 5) is 0. The molecule has 5 atom stereocenters. The normalized spacial score (nSPS) is 45.0. The van der Waals surface area contributed by atoms with Gasteiger partial charge >= 0.3 is 0 Å². The van der Waals surface area contributed by atoms with E-state index in [0.29, 0.717) is 11.8 Å². The lowest BCUT2D eigenvalue weighted by atomic mass is 9.93. The first-order valence-corrected chi connectivity index (χ1v) is 6.55. The molecule has 0 bridgehead atoms. The van der Waals surface area contributed by atoms with Crippen molar-refractivity contribution in [3.63, 3.8) is 0 Å². The summed E-state index contributed by atoms with van der Waals surface area (Å²) in [6, 6.07) is 0. The maximum atomic E-state index is 11.8. The van der Waals surface area contributed by atoms with E-state index in [0.717, 1.165) is 18.5 Å². The zero-order chi connectivity index (χ0) is 10.0. The van der Waals surface area contributed by atoms with Crippen molar-refractivity contribution in [2.24, 2.45) is 11.8 Å². The van der Waals surface area contributed by atoms with Gasteiger partial charge in [-0.2, -0.15) is 0 Å². The molecule has 1 saturated heterocycles. The minimum atomic E-state index is -0.917. The molecule has 0 aliphatic carbocycles. The van der Waals surface area contributed by atoms with Gasteiger partial charge in [0.15, 0.2) is 0 Å². The first kappa shape index (κ1) is 11.3. The average Bonchev–Trinajstić information content (AvgIpc) is 2.31. The Kier molecular flexibility index (Phi) is 4.01. The van der Waals surface area contributed by atoms with Crippen LogP contribution in [0.1, 0.15) is 20.3 Å². The molecule has 76 valence electrons. The van der Waals surface area contributed by atoms with Crippen LogP contribution in [0.25, 0.3) is 0 Å². The summed E-state index contributed by atoms with van der Waals surface area (Å²) >= 11 is 0.748. The monoisotopic (exact) mass is 220 g/mol. The molecule has 1 aliphatic heterocycles.